The van der Waals surface area contributed by atoms with Crippen molar-refractivity contribution in [3.63, 3.8) is 0 Å². The lowest BCUT2D eigenvalue weighted by Gasteiger charge is -2.17. The summed E-state index contributed by atoms with van der Waals surface area (Å²) in [5.74, 6) is 1.79. The monoisotopic (exact) mass is 356 g/mol. The quantitative estimate of drug-likeness (QED) is 0.737. The minimum absolute atomic E-state index is 0.0717. The first-order valence-electron chi connectivity index (χ1n) is 9.61. The summed E-state index contributed by atoms with van der Waals surface area (Å²) in [7, 11) is 2.07. The van der Waals surface area contributed by atoms with Gasteiger partial charge in [0.1, 0.15) is 5.82 Å². The summed E-state index contributed by atoms with van der Waals surface area (Å²) >= 11 is 0. The fraction of sp³-hybridized carbons (Fsp3) is 0.632. The van der Waals surface area contributed by atoms with E-state index in [2.05, 4.69) is 52.4 Å². The first kappa shape index (κ1) is 17.3. The molecule has 2 aromatic rings. The number of imidazole rings is 1. The zero-order valence-corrected chi connectivity index (χ0v) is 15.8. The molecule has 0 radical (unpaired) electrons. The second-order valence-corrected chi connectivity index (χ2v) is 7.79. The maximum absolute atomic E-state index is 12.9. The molecule has 1 saturated heterocycles. The molecular formula is C19H28N6O. The highest BCUT2D eigenvalue weighted by Gasteiger charge is 2.39. The van der Waals surface area contributed by atoms with E-state index in [1.165, 1.54) is 12.8 Å². The van der Waals surface area contributed by atoms with E-state index in [9.17, 15) is 4.79 Å². The largest absolute Gasteiger partial charge is 0.350 e. The van der Waals surface area contributed by atoms with Crippen molar-refractivity contribution in [1.82, 2.24) is 30.4 Å². The highest BCUT2D eigenvalue weighted by molar-refractivity contribution is 5.80. The Kier molecular flexibility index (Phi) is 4.56. The van der Waals surface area contributed by atoms with E-state index in [1.807, 2.05) is 0 Å². The van der Waals surface area contributed by atoms with E-state index in [-0.39, 0.29) is 17.7 Å². The van der Waals surface area contributed by atoms with Crippen LogP contribution in [0.2, 0.25) is 0 Å². The third-order valence-electron chi connectivity index (χ3n) is 5.60. The summed E-state index contributed by atoms with van der Waals surface area (Å²) in [6.07, 6.45) is 3.34. The lowest BCUT2D eigenvalue weighted by molar-refractivity contribution is -0.125. The molecule has 2 aliphatic rings. The maximum Gasteiger partial charge on any atom is 0.225 e. The Morgan fingerprint density at radius 3 is 2.88 bits per heavy atom. The molecule has 3 N–H and O–H groups in total. The van der Waals surface area contributed by atoms with Crippen molar-refractivity contribution in [3.05, 3.63) is 34.7 Å². The van der Waals surface area contributed by atoms with Gasteiger partial charge in [0, 0.05) is 37.0 Å². The van der Waals surface area contributed by atoms with E-state index >= 15 is 0 Å². The van der Waals surface area contributed by atoms with E-state index in [4.69, 9.17) is 4.98 Å². The molecule has 7 heteroatoms. The van der Waals surface area contributed by atoms with Gasteiger partial charge in [-0.05, 0) is 32.9 Å². The number of hydrogen-bond donors (Lipinski definition) is 3. The summed E-state index contributed by atoms with van der Waals surface area (Å²) in [6.45, 7) is 6.28. The predicted molar refractivity (Wildman–Crippen MR) is 98.8 cm³/mol. The number of rotatable bonds is 6. The van der Waals surface area contributed by atoms with Gasteiger partial charge in [0.2, 0.25) is 5.91 Å². The number of hydrogen-bond acceptors (Lipinski definition) is 4. The molecule has 0 bridgehead atoms. The lowest BCUT2D eigenvalue weighted by Crippen LogP contribution is -2.34. The number of nitrogens with one attached hydrogen (secondary N) is 3. The van der Waals surface area contributed by atoms with Crippen molar-refractivity contribution >= 4 is 5.91 Å². The molecule has 1 aliphatic heterocycles. The number of aromatic amines is 2. The summed E-state index contributed by atoms with van der Waals surface area (Å²) in [5.41, 5.74) is 4.24. The third-order valence-corrected chi connectivity index (χ3v) is 5.60. The standard InChI is InChI=1S/C19H28N6O/c1-4-17-21-11(2)18(22-17)14-9-25(3)10-15(14)19(26)20-8-13-7-16(24-23-13)12-5-6-12/h7,12,14-15H,4-6,8-10H2,1-3H3,(H,20,26)(H,21,22)(H,23,24)/t14-,15-/m0/s1. The second-order valence-electron chi connectivity index (χ2n) is 7.79. The van der Waals surface area contributed by atoms with Crippen LogP contribution in [0.15, 0.2) is 6.07 Å². The summed E-state index contributed by atoms with van der Waals surface area (Å²) in [4.78, 5) is 23.2. The number of likely N-dealkylation sites (tertiary alicyclic amines) is 1. The van der Waals surface area contributed by atoms with Gasteiger partial charge < -0.3 is 15.2 Å². The number of aromatic nitrogens is 4. The van der Waals surface area contributed by atoms with Gasteiger partial charge in [-0.15, -0.1) is 0 Å². The van der Waals surface area contributed by atoms with Crippen LogP contribution in [0, 0.1) is 12.8 Å². The number of carbonyl (C=O) groups is 1. The van der Waals surface area contributed by atoms with Gasteiger partial charge in [0.25, 0.3) is 0 Å². The first-order valence-corrected chi connectivity index (χ1v) is 9.61. The van der Waals surface area contributed by atoms with Gasteiger partial charge in [0.05, 0.1) is 29.5 Å². The second kappa shape index (κ2) is 6.87. The molecule has 26 heavy (non-hydrogen) atoms. The molecule has 2 atom stereocenters. The van der Waals surface area contributed by atoms with Crippen LogP contribution in [0.25, 0.3) is 0 Å². The number of H-pyrrole nitrogens is 2. The summed E-state index contributed by atoms with van der Waals surface area (Å²) in [6, 6.07) is 2.08. The van der Waals surface area contributed by atoms with Crippen LogP contribution in [0.4, 0.5) is 0 Å². The molecular weight excluding hydrogens is 328 g/mol. The lowest BCUT2D eigenvalue weighted by atomic mass is 9.91. The zero-order chi connectivity index (χ0) is 18.3. The molecule has 1 aliphatic carbocycles. The Labute approximate surface area is 154 Å². The van der Waals surface area contributed by atoms with Crippen molar-refractivity contribution in [2.24, 2.45) is 5.92 Å². The van der Waals surface area contributed by atoms with Crippen LogP contribution in [0.1, 0.15) is 60.2 Å². The number of likely N-dealkylation sites (N-methyl/N-ethyl adjacent to an activating group) is 1. The Bertz CT molecular complexity index is 790. The molecule has 2 fully saturated rings. The Balaban J connectivity index is 1.43. The number of nitrogens with zero attached hydrogens (tertiary/aromatic N) is 3. The fourth-order valence-electron chi connectivity index (χ4n) is 3.98. The van der Waals surface area contributed by atoms with E-state index in [1.54, 1.807) is 0 Å². The first-order chi connectivity index (χ1) is 12.5. The van der Waals surface area contributed by atoms with Crippen LogP contribution in [0.5, 0.6) is 0 Å². The Morgan fingerprint density at radius 1 is 1.38 bits per heavy atom. The van der Waals surface area contributed by atoms with Crippen molar-refractivity contribution in [3.8, 4) is 0 Å². The highest BCUT2D eigenvalue weighted by Crippen LogP contribution is 2.39. The minimum atomic E-state index is -0.0717. The van der Waals surface area contributed by atoms with Gasteiger partial charge in [-0.1, -0.05) is 6.92 Å². The van der Waals surface area contributed by atoms with E-state index in [0.29, 0.717) is 12.5 Å². The predicted octanol–water partition coefficient (Wildman–Crippen LogP) is 1.84. The topological polar surface area (TPSA) is 89.7 Å². The molecule has 2 aromatic heterocycles. The van der Waals surface area contributed by atoms with Gasteiger partial charge in [-0.2, -0.15) is 5.10 Å². The van der Waals surface area contributed by atoms with Crippen LogP contribution in [-0.2, 0) is 17.8 Å². The van der Waals surface area contributed by atoms with Crippen LogP contribution >= 0.6 is 0 Å². The Hall–Kier alpha value is -2.15. The molecule has 0 aromatic carbocycles. The van der Waals surface area contributed by atoms with Gasteiger partial charge in [-0.25, -0.2) is 4.98 Å². The maximum atomic E-state index is 12.9. The smallest absolute Gasteiger partial charge is 0.225 e. The molecule has 140 valence electrons. The molecule has 0 spiro atoms. The summed E-state index contributed by atoms with van der Waals surface area (Å²) < 4.78 is 0. The zero-order valence-electron chi connectivity index (χ0n) is 15.8. The van der Waals surface area contributed by atoms with Crippen molar-refractivity contribution in [2.45, 2.75) is 51.5 Å². The average Bonchev–Trinajstić information content (AvgIpc) is 3.06. The van der Waals surface area contributed by atoms with Gasteiger partial charge in [-0.3, -0.25) is 9.89 Å². The highest BCUT2D eigenvalue weighted by atomic mass is 16.2. The number of aryl methyl sites for hydroxylation is 2. The fourth-order valence-corrected chi connectivity index (χ4v) is 3.98. The van der Waals surface area contributed by atoms with Crippen LogP contribution in [0.3, 0.4) is 0 Å². The molecule has 0 unspecified atom stereocenters. The molecule has 4 rings (SSSR count). The number of amides is 1. The number of carbonyl (C=O) groups excluding carboxylic acids is 1. The van der Waals surface area contributed by atoms with Crippen molar-refractivity contribution in [2.75, 3.05) is 20.1 Å². The van der Waals surface area contributed by atoms with Gasteiger partial charge >= 0.3 is 0 Å². The normalized spacial score (nSPS) is 23.5. The van der Waals surface area contributed by atoms with E-state index < -0.39 is 0 Å². The van der Waals surface area contributed by atoms with Crippen LogP contribution in [-0.4, -0.2) is 51.1 Å². The minimum Gasteiger partial charge on any atom is -0.350 e. The Morgan fingerprint density at radius 2 is 2.19 bits per heavy atom. The van der Waals surface area contributed by atoms with Crippen molar-refractivity contribution in [1.29, 1.82) is 0 Å². The van der Waals surface area contributed by atoms with Crippen molar-refractivity contribution < 1.29 is 4.79 Å². The summed E-state index contributed by atoms with van der Waals surface area (Å²) in [5, 5.41) is 10.5. The van der Waals surface area contributed by atoms with E-state index in [0.717, 1.165) is 48.1 Å². The average molecular weight is 356 g/mol. The van der Waals surface area contributed by atoms with Gasteiger partial charge in [0.15, 0.2) is 0 Å². The molecule has 1 amide bonds. The molecule has 7 nitrogen and oxygen atoms in total. The molecule has 3 heterocycles. The molecule has 1 saturated carbocycles. The van der Waals surface area contributed by atoms with Crippen LogP contribution < -0.4 is 5.32 Å². The SMILES string of the molecule is CCc1nc([C@H]2CN(C)C[C@@H]2C(=O)NCc2cc(C3CC3)n[nH]2)c(C)[nH]1. The third kappa shape index (κ3) is 3.40.